The van der Waals surface area contributed by atoms with Crippen LogP contribution in [0.25, 0.3) is 11.5 Å². The smallest absolute Gasteiger partial charge is 0.303 e. The third-order valence-electron chi connectivity index (χ3n) is 3.18. The second-order valence-electron chi connectivity index (χ2n) is 4.67. The monoisotopic (exact) mass is 274 g/mol. The molecule has 2 aromatic rings. The molecule has 0 radical (unpaired) electrons. The van der Waals surface area contributed by atoms with Gasteiger partial charge in [0, 0.05) is 24.8 Å². The first kappa shape index (κ1) is 12.7. The first-order chi connectivity index (χ1) is 9.72. The zero-order chi connectivity index (χ0) is 13.9. The highest BCUT2D eigenvalue weighted by atomic mass is 16.5. The zero-order valence-electron chi connectivity index (χ0n) is 10.8. The number of carboxylic acids is 1. The van der Waals surface area contributed by atoms with Crippen LogP contribution in [0.3, 0.4) is 0 Å². The average molecular weight is 274 g/mol. The van der Waals surface area contributed by atoms with Gasteiger partial charge in [-0.1, -0.05) is 0 Å². The van der Waals surface area contributed by atoms with E-state index < -0.39 is 5.97 Å². The molecule has 0 unspecified atom stereocenters. The number of carbonyl (C=O) groups is 1. The van der Waals surface area contributed by atoms with E-state index in [2.05, 4.69) is 10.2 Å². The topological polar surface area (TPSA) is 85.5 Å². The number of aromatic nitrogens is 2. The van der Waals surface area contributed by atoms with Gasteiger partial charge in [0.25, 0.3) is 0 Å². The van der Waals surface area contributed by atoms with E-state index in [0.29, 0.717) is 31.2 Å². The minimum atomic E-state index is -0.816. The van der Waals surface area contributed by atoms with Crippen LogP contribution in [0.5, 0.6) is 5.75 Å². The van der Waals surface area contributed by atoms with Crippen molar-refractivity contribution in [2.75, 3.05) is 6.61 Å². The van der Waals surface area contributed by atoms with Gasteiger partial charge in [0.2, 0.25) is 11.8 Å². The predicted molar refractivity (Wildman–Crippen MR) is 69.5 cm³/mol. The molecule has 1 N–H and O–H groups in total. The summed E-state index contributed by atoms with van der Waals surface area (Å²) in [6.07, 6.45) is 1.97. The Bertz CT molecular complexity index is 636. The summed E-state index contributed by atoms with van der Waals surface area (Å²) in [5.74, 6) is 1.03. The van der Waals surface area contributed by atoms with E-state index in [1.807, 2.05) is 18.2 Å². The fourth-order valence-electron chi connectivity index (χ4n) is 2.18. The molecule has 2 heterocycles. The molecule has 0 atom stereocenters. The lowest BCUT2D eigenvalue weighted by Crippen LogP contribution is -1.95. The number of carboxylic acid groups (broad SMARTS) is 1. The van der Waals surface area contributed by atoms with E-state index in [9.17, 15) is 4.79 Å². The van der Waals surface area contributed by atoms with E-state index >= 15 is 0 Å². The maximum Gasteiger partial charge on any atom is 0.303 e. The second-order valence-corrected chi connectivity index (χ2v) is 4.67. The second kappa shape index (κ2) is 5.32. The van der Waals surface area contributed by atoms with Gasteiger partial charge in [0.15, 0.2) is 0 Å². The largest absolute Gasteiger partial charge is 0.493 e. The number of ether oxygens (including phenoxy) is 1. The molecule has 20 heavy (non-hydrogen) atoms. The van der Waals surface area contributed by atoms with E-state index in [1.54, 1.807) is 0 Å². The summed E-state index contributed by atoms with van der Waals surface area (Å²) < 4.78 is 11.0. The first-order valence-electron chi connectivity index (χ1n) is 6.52. The van der Waals surface area contributed by atoms with Crippen molar-refractivity contribution >= 4 is 5.97 Å². The fourth-order valence-corrected chi connectivity index (χ4v) is 2.18. The summed E-state index contributed by atoms with van der Waals surface area (Å²) in [5, 5.41) is 16.5. The Balaban J connectivity index is 1.71. The van der Waals surface area contributed by atoms with Crippen LogP contribution in [0, 0.1) is 0 Å². The van der Waals surface area contributed by atoms with Crippen molar-refractivity contribution in [3.63, 3.8) is 0 Å². The van der Waals surface area contributed by atoms with Crippen molar-refractivity contribution in [3.8, 4) is 17.2 Å². The lowest BCUT2D eigenvalue weighted by molar-refractivity contribution is -0.137. The number of rotatable bonds is 5. The Morgan fingerprint density at radius 1 is 1.35 bits per heavy atom. The SMILES string of the molecule is O=C(O)CCCc1nnc(-c2ccc3c(c2)CCO3)o1. The molecule has 0 bridgehead atoms. The molecule has 6 heteroatoms. The Morgan fingerprint density at radius 2 is 2.25 bits per heavy atom. The molecule has 1 aromatic heterocycles. The molecule has 0 spiro atoms. The fraction of sp³-hybridized carbons (Fsp3) is 0.357. The molecule has 0 amide bonds. The highest BCUT2D eigenvalue weighted by Gasteiger charge is 2.15. The molecular weight excluding hydrogens is 260 g/mol. The quantitative estimate of drug-likeness (QED) is 0.898. The van der Waals surface area contributed by atoms with Gasteiger partial charge in [-0.2, -0.15) is 0 Å². The maximum atomic E-state index is 10.4. The molecule has 6 nitrogen and oxygen atoms in total. The van der Waals surface area contributed by atoms with Crippen LogP contribution in [0.2, 0.25) is 0 Å². The van der Waals surface area contributed by atoms with Crippen LogP contribution < -0.4 is 4.74 Å². The Hall–Kier alpha value is -2.37. The van der Waals surface area contributed by atoms with Crippen LogP contribution >= 0.6 is 0 Å². The van der Waals surface area contributed by atoms with Gasteiger partial charge >= 0.3 is 5.97 Å². The van der Waals surface area contributed by atoms with Crippen molar-refractivity contribution in [2.24, 2.45) is 0 Å². The molecule has 0 aliphatic carbocycles. The van der Waals surface area contributed by atoms with E-state index in [-0.39, 0.29) is 6.42 Å². The van der Waals surface area contributed by atoms with Crippen molar-refractivity contribution in [3.05, 3.63) is 29.7 Å². The minimum absolute atomic E-state index is 0.105. The van der Waals surface area contributed by atoms with Gasteiger partial charge < -0.3 is 14.3 Å². The molecule has 1 aliphatic heterocycles. The highest BCUT2D eigenvalue weighted by molar-refractivity contribution is 5.66. The summed E-state index contributed by atoms with van der Waals surface area (Å²) in [7, 11) is 0. The lowest BCUT2D eigenvalue weighted by Gasteiger charge is -1.99. The van der Waals surface area contributed by atoms with E-state index in [4.69, 9.17) is 14.3 Å². The van der Waals surface area contributed by atoms with Gasteiger partial charge in [0.1, 0.15) is 5.75 Å². The van der Waals surface area contributed by atoms with Crippen molar-refractivity contribution < 1.29 is 19.1 Å². The van der Waals surface area contributed by atoms with Crippen LogP contribution in [-0.4, -0.2) is 27.9 Å². The van der Waals surface area contributed by atoms with Crippen LogP contribution in [0.1, 0.15) is 24.3 Å². The van der Waals surface area contributed by atoms with Gasteiger partial charge in [-0.25, -0.2) is 0 Å². The molecule has 3 rings (SSSR count). The number of fused-ring (bicyclic) bond motifs is 1. The van der Waals surface area contributed by atoms with Gasteiger partial charge in [-0.15, -0.1) is 10.2 Å². The number of aliphatic carboxylic acids is 1. The molecule has 0 saturated heterocycles. The molecule has 1 aromatic carbocycles. The van der Waals surface area contributed by atoms with Gasteiger partial charge in [-0.3, -0.25) is 4.79 Å². The van der Waals surface area contributed by atoms with Gasteiger partial charge in [0.05, 0.1) is 6.61 Å². The molecule has 0 fully saturated rings. The van der Waals surface area contributed by atoms with Crippen molar-refractivity contribution in [2.45, 2.75) is 25.7 Å². The van der Waals surface area contributed by atoms with Crippen LogP contribution in [-0.2, 0) is 17.6 Å². The number of nitrogens with zero attached hydrogens (tertiary/aromatic N) is 2. The first-order valence-corrected chi connectivity index (χ1v) is 6.52. The minimum Gasteiger partial charge on any atom is -0.493 e. The van der Waals surface area contributed by atoms with Crippen LogP contribution in [0.4, 0.5) is 0 Å². The Morgan fingerprint density at radius 3 is 3.10 bits per heavy atom. The summed E-state index contributed by atoms with van der Waals surface area (Å²) in [6.45, 7) is 0.711. The van der Waals surface area contributed by atoms with E-state index in [1.165, 1.54) is 0 Å². The Labute approximate surface area is 115 Å². The molecular formula is C14H14N2O4. The number of hydrogen-bond donors (Lipinski definition) is 1. The standard InChI is InChI=1S/C14H14N2O4/c17-13(18)3-1-2-12-15-16-14(20-12)10-4-5-11-9(8-10)6-7-19-11/h4-5,8H,1-3,6-7H2,(H,17,18). The third-order valence-corrected chi connectivity index (χ3v) is 3.18. The average Bonchev–Trinajstić information content (AvgIpc) is 3.05. The summed E-state index contributed by atoms with van der Waals surface area (Å²) >= 11 is 0. The highest BCUT2D eigenvalue weighted by Crippen LogP contribution is 2.29. The van der Waals surface area contributed by atoms with Crippen LogP contribution in [0.15, 0.2) is 22.6 Å². The lowest BCUT2D eigenvalue weighted by atomic mass is 10.1. The zero-order valence-corrected chi connectivity index (χ0v) is 10.8. The number of hydrogen-bond acceptors (Lipinski definition) is 5. The Kier molecular flexibility index (Phi) is 3.37. The predicted octanol–water partition coefficient (Wildman–Crippen LogP) is 2.08. The maximum absolute atomic E-state index is 10.4. The molecule has 1 aliphatic rings. The number of benzene rings is 1. The normalized spacial score (nSPS) is 13.0. The summed E-state index contributed by atoms with van der Waals surface area (Å²) in [6, 6.07) is 5.79. The third kappa shape index (κ3) is 2.64. The molecule has 0 saturated carbocycles. The summed E-state index contributed by atoms with van der Waals surface area (Å²) in [5.41, 5.74) is 2.01. The van der Waals surface area contributed by atoms with Crippen molar-refractivity contribution in [1.29, 1.82) is 0 Å². The summed E-state index contributed by atoms with van der Waals surface area (Å²) in [4.78, 5) is 10.4. The number of aryl methyl sites for hydroxylation is 1. The molecule has 104 valence electrons. The van der Waals surface area contributed by atoms with Crippen molar-refractivity contribution in [1.82, 2.24) is 10.2 Å². The van der Waals surface area contributed by atoms with E-state index in [0.717, 1.165) is 23.3 Å². The van der Waals surface area contributed by atoms with Gasteiger partial charge in [-0.05, 0) is 30.2 Å².